The van der Waals surface area contributed by atoms with Gasteiger partial charge in [-0.3, -0.25) is 4.79 Å². The Hall–Kier alpha value is -3.56. The van der Waals surface area contributed by atoms with Crippen LogP contribution in [0.25, 0.3) is 5.52 Å². The number of thioether (sulfide) groups is 1. The van der Waals surface area contributed by atoms with Gasteiger partial charge < -0.3 is 25.6 Å². The molecule has 1 saturated heterocycles. The molecule has 0 aliphatic carbocycles. The molecule has 202 valence electrons. The Morgan fingerprint density at radius 1 is 1.37 bits per heavy atom. The van der Waals surface area contributed by atoms with Gasteiger partial charge in [-0.2, -0.15) is 9.61 Å². The van der Waals surface area contributed by atoms with Gasteiger partial charge in [0.2, 0.25) is 5.95 Å². The molecule has 12 heteroatoms. The zero-order valence-electron chi connectivity index (χ0n) is 21.7. The smallest absolute Gasteiger partial charge is 0.251 e. The standard InChI is InChI=1S/C26H31F2N7O2S/c1-16(27)38-24-22(6-5-9-30-18-12-17(25(36)29-2)13-19(14-18)37-4)33-35-23(24)7-10-31-26(35)32-21-8-11-34(3)15-20(21)28/h7,10,12-14,16,20-21,30H,8-9,11,15H2,1-4H3,(H,29,36)(H,31,32)/t16?,20-,21+/m0/s1. The lowest BCUT2D eigenvalue weighted by atomic mass is 10.0. The second-order valence-electron chi connectivity index (χ2n) is 8.91. The maximum absolute atomic E-state index is 14.6. The van der Waals surface area contributed by atoms with Crippen molar-refractivity contribution in [1.29, 1.82) is 0 Å². The summed E-state index contributed by atoms with van der Waals surface area (Å²) in [5.74, 6) is 6.72. The van der Waals surface area contributed by atoms with Crippen molar-refractivity contribution in [2.45, 2.75) is 36.0 Å². The molecule has 9 nitrogen and oxygen atoms in total. The first-order valence-electron chi connectivity index (χ1n) is 12.2. The summed E-state index contributed by atoms with van der Waals surface area (Å²) in [7, 11) is 4.98. The first-order chi connectivity index (χ1) is 18.3. The Morgan fingerprint density at radius 3 is 2.89 bits per heavy atom. The maximum atomic E-state index is 14.6. The van der Waals surface area contributed by atoms with E-state index in [0.29, 0.717) is 52.0 Å². The van der Waals surface area contributed by atoms with Crippen LogP contribution in [0.5, 0.6) is 5.75 Å². The molecule has 3 heterocycles. The fraction of sp³-hybridized carbons (Fsp3) is 0.423. The number of anilines is 2. The molecular formula is C26H31F2N7O2S. The number of alkyl halides is 2. The summed E-state index contributed by atoms with van der Waals surface area (Å²) < 4.78 is 35.6. The SMILES string of the molecule is CNC(=O)c1cc(NCC#Cc2nn3c(N[C@@H]4CCN(C)C[C@@H]4F)nccc3c2SC(C)F)cc(OC)c1. The van der Waals surface area contributed by atoms with Crippen molar-refractivity contribution in [3.8, 4) is 17.6 Å². The van der Waals surface area contributed by atoms with Crippen LogP contribution in [0.2, 0.25) is 0 Å². The summed E-state index contributed by atoms with van der Waals surface area (Å²) in [6, 6.07) is 6.45. The lowest BCUT2D eigenvalue weighted by molar-refractivity contribution is 0.0962. The highest BCUT2D eigenvalue weighted by Crippen LogP contribution is 2.32. The van der Waals surface area contributed by atoms with E-state index in [-0.39, 0.29) is 12.5 Å². The number of amides is 1. The maximum Gasteiger partial charge on any atom is 0.251 e. The van der Waals surface area contributed by atoms with Gasteiger partial charge in [0.15, 0.2) is 0 Å². The van der Waals surface area contributed by atoms with Crippen LogP contribution in [0.3, 0.4) is 0 Å². The number of halogens is 2. The summed E-state index contributed by atoms with van der Waals surface area (Å²) in [6.07, 6.45) is 1.18. The van der Waals surface area contributed by atoms with Crippen molar-refractivity contribution in [2.24, 2.45) is 0 Å². The Labute approximate surface area is 224 Å². The number of nitrogens with one attached hydrogen (secondary N) is 3. The number of likely N-dealkylation sites (tertiary alicyclic amines) is 1. The number of methoxy groups -OCH3 is 1. The molecule has 3 aromatic rings. The summed E-state index contributed by atoms with van der Waals surface area (Å²) >= 11 is 1.01. The van der Waals surface area contributed by atoms with Gasteiger partial charge in [0.05, 0.1) is 30.1 Å². The third-order valence-corrected chi connectivity index (χ3v) is 7.03. The number of ether oxygens (including phenoxy) is 1. The minimum Gasteiger partial charge on any atom is -0.497 e. The number of carbonyl (C=O) groups is 1. The molecule has 1 aliphatic heterocycles. The van der Waals surface area contributed by atoms with Gasteiger partial charge in [-0.15, -0.1) is 0 Å². The van der Waals surface area contributed by atoms with E-state index in [2.05, 4.69) is 37.9 Å². The number of hydrogen-bond acceptors (Lipinski definition) is 8. The highest BCUT2D eigenvalue weighted by atomic mass is 32.2. The number of rotatable bonds is 8. The van der Waals surface area contributed by atoms with Crippen molar-refractivity contribution in [1.82, 2.24) is 24.8 Å². The lowest BCUT2D eigenvalue weighted by Crippen LogP contribution is -2.46. The van der Waals surface area contributed by atoms with E-state index >= 15 is 0 Å². The van der Waals surface area contributed by atoms with Crippen molar-refractivity contribution < 1.29 is 18.3 Å². The highest BCUT2D eigenvalue weighted by molar-refractivity contribution is 8.00. The van der Waals surface area contributed by atoms with Gasteiger partial charge >= 0.3 is 0 Å². The average Bonchev–Trinajstić information content (AvgIpc) is 3.24. The molecule has 1 fully saturated rings. The molecule has 2 aromatic heterocycles. The minimum absolute atomic E-state index is 0.234. The van der Waals surface area contributed by atoms with Crippen LogP contribution in [0.15, 0.2) is 35.4 Å². The van der Waals surface area contributed by atoms with Gasteiger partial charge in [0, 0.05) is 43.7 Å². The quantitative estimate of drug-likeness (QED) is 0.294. The Kier molecular flexibility index (Phi) is 8.91. The third kappa shape index (κ3) is 6.46. The molecule has 1 aliphatic rings. The molecule has 1 amide bonds. The van der Waals surface area contributed by atoms with Crippen LogP contribution < -0.4 is 20.7 Å². The summed E-state index contributed by atoms with van der Waals surface area (Å²) in [6.45, 7) is 2.81. The van der Waals surface area contributed by atoms with E-state index in [4.69, 9.17) is 4.74 Å². The Bertz CT molecular complexity index is 1350. The van der Waals surface area contributed by atoms with E-state index in [1.54, 1.807) is 42.0 Å². The first-order valence-corrected chi connectivity index (χ1v) is 13.1. The third-order valence-electron chi connectivity index (χ3n) is 6.06. The zero-order valence-corrected chi connectivity index (χ0v) is 22.5. The minimum atomic E-state index is -1.18. The van der Waals surface area contributed by atoms with Crippen molar-refractivity contribution in [2.75, 3.05) is 51.5 Å². The lowest BCUT2D eigenvalue weighted by Gasteiger charge is -2.32. The number of carbonyl (C=O) groups excluding carboxylic acids is 1. The van der Waals surface area contributed by atoms with Crippen LogP contribution in [-0.2, 0) is 0 Å². The van der Waals surface area contributed by atoms with Crippen LogP contribution in [0.1, 0.15) is 29.4 Å². The number of aromatic nitrogens is 3. The van der Waals surface area contributed by atoms with Crippen LogP contribution >= 0.6 is 11.8 Å². The predicted molar refractivity (Wildman–Crippen MR) is 146 cm³/mol. The molecule has 0 spiro atoms. The van der Waals surface area contributed by atoms with Gasteiger partial charge in [-0.1, -0.05) is 17.7 Å². The number of piperidine rings is 1. The van der Waals surface area contributed by atoms with Crippen LogP contribution in [0, 0.1) is 11.8 Å². The molecule has 0 bridgehead atoms. The summed E-state index contributed by atoms with van der Waals surface area (Å²) in [4.78, 5) is 19.0. The Morgan fingerprint density at radius 2 is 2.18 bits per heavy atom. The second-order valence-corrected chi connectivity index (χ2v) is 10.2. The van der Waals surface area contributed by atoms with E-state index in [9.17, 15) is 13.6 Å². The normalized spacial score (nSPS) is 18.4. The Balaban J connectivity index is 1.58. The summed E-state index contributed by atoms with van der Waals surface area (Å²) in [5, 5.41) is 13.5. The van der Waals surface area contributed by atoms with E-state index in [1.165, 1.54) is 14.0 Å². The summed E-state index contributed by atoms with van der Waals surface area (Å²) in [5.41, 5.74) is 0.963. The first kappa shape index (κ1) is 27.5. The van der Waals surface area contributed by atoms with Crippen LogP contribution in [-0.4, -0.2) is 84.0 Å². The van der Waals surface area contributed by atoms with Gasteiger partial charge in [0.1, 0.15) is 23.1 Å². The number of fused-ring (bicyclic) bond motifs is 1. The van der Waals surface area contributed by atoms with Crippen LogP contribution in [0.4, 0.5) is 20.4 Å². The molecule has 0 saturated carbocycles. The second kappa shape index (κ2) is 12.3. The number of hydrogen-bond donors (Lipinski definition) is 3. The topological polar surface area (TPSA) is 95.8 Å². The molecule has 4 rings (SSSR count). The molecule has 3 N–H and O–H groups in total. The van der Waals surface area contributed by atoms with Crippen molar-refractivity contribution >= 4 is 34.8 Å². The molecular weight excluding hydrogens is 512 g/mol. The molecule has 1 aromatic carbocycles. The number of benzene rings is 1. The van der Waals surface area contributed by atoms with Gasteiger partial charge in [-0.05, 0) is 44.5 Å². The largest absolute Gasteiger partial charge is 0.497 e. The fourth-order valence-corrected chi connectivity index (χ4v) is 4.97. The molecule has 0 radical (unpaired) electrons. The molecule has 38 heavy (non-hydrogen) atoms. The van der Waals surface area contributed by atoms with Gasteiger partial charge in [-0.25, -0.2) is 13.8 Å². The molecule has 1 unspecified atom stereocenters. The van der Waals surface area contributed by atoms with Gasteiger partial charge in [0.25, 0.3) is 5.91 Å². The van der Waals surface area contributed by atoms with Crippen molar-refractivity contribution in [3.63, 3.8) is 0 Å². The monoisotopic (exact) mass is 543 g/mol. The average molecular weight is 544 g/mol. The highest BCUT2D eigenvalue weighted by Gasteiger charge is 2.28. The van der Waals surface area contributed by atoms with E-state index < -0.39 is 17.7 Å². The predicted octanol–water partition coefficient (Wildman–Crippen LogP) is 3.42. The van der Waals surface area contributed by atoms with E-state index in [1.807, 2.05) is 11.9 Å². The fourth-order valence-electron chi connectivity index (χ4n) is 4.17. The van der Waals surface area contributed by atoms with E-state index in [0.717, 1.165) is 18.3 Å². The van der Waals surface area contributed by atoms with Crippen molar-refractivity contribution in [3.05, 3.63) is 41.7 Å². The zero-order chi connectivity index (χ0) is 27.2. The number of nitrogens with zero attached hydrogens (tertiary/aromatic N) is 4. The molecule has 3 atom stereocenters.